The summed E-state index contributed by atoms with van der Waals surface area (Å²) in [5.74, 6) is 0.132. The molecule has 0 aliphatic rings. The molecule has 1 aromatic heterocycles. The second kappa shape index (κ2) is 10.1. The van der Waals surface area contributed by atoms with Gasteiger partial charge in [-0.1, -0.05) is 0 Å². The van der Waals surface area contributed by atoms with E-state index in [1.54, 1.807) is 25.3 Å². The molecule has 0 saturated carbocycles. The summed E-state index contributed by atoms with van der Waals surface area (Å²) < 4.78 is 23.2. The lowest BCUT2D eigenvalue weighted by molar-refractivity contribution is 0.0474. The van der Waals surface area contributed by atoms with E-state index in [-0.39, 0.29) is 18.4 Å². The molecule has 7 nitrogen and oxygen atoms in total. The molecule has 0 bridgehead atoms. The van der Waals surface area contributed by atoms with Gasteiger partial charge in [-0.15, -0.1) is 0 Å². The first kappa shape index (κ1) is 22.5. The Morgan fingerprint density at radius 3 is 2.45 bits per heavy atom. The number of Topliss-reactive ketones (excluding diaryl/α,β-unsaturated/α-hetero) is 1. The van der Waals surface area contributed by atoms with E-state index in [1.165, 1.54) is 7.11 Å². The van der Waals surface area contributed by atoms with Crippen LogP contribution in [0.25, 0.3) is 0 Å². The quantitative estimate of drug-likeness (QED) is 0.444. The Balaban J connectivity index is 2.10. The first-order valence-electron chi connectivity index (χ1n) is 9.52. The van der Waals surface area contributed by atoms with Crippen LogP contribution in [0.4, 0.5) is 0 Å². The van der Waals surface area contributed by atoms with E-state index in [9.17, 15) is 9.59 Å². The van der Waals surface area contributed by atoms with Crippen molar-refractivity contribution in [2.45, 2.75) is 33.7 Å². The lowest BCUT2D eigenvalue weighted by atomic mass is 10.1. The summed E-state index contributed by atoms with van der Waals surface area (Å²) in [6, 6.07) is 6.67. The predicted octanol–water partition coefficient (Wildman–Crippen LogP) is 3.76. The molecule has 29 heavy (non-hydrogen) atoms. The van der Waals surface area contributed by atoms with Crippen LogP contribution in [0, 0.1) is 13.8 Å². The van der Waals surface area contributed by atoms with Gasteiger partial charge in [-0.3, -0.25) is 4.79 Å². The maximum Gasteiger partial charge on any atom is 0.338 e. The van der Waals surface area contributed by atoms with Crippen molar-refractivity contribution in [1.82, 2.24) is 4.57 Å². The number of rotatable bonds is 10. The molecule has 0 N–H and O–H groups in total. The maximum atomic E-state index is 12.7. The van der Waals surface area contributed by atoms with Crippen LogP contribution in [0.2, 0.25) is 0 Å². The largest absolute Gasteiger partial charge is 0.493 e. The third kappa shape index (κ3) is 5.17. The molecule has 7 heteroatoms. The number of carbonyl (C=O) groups is 2. The summed E-state index contributed by atoms with van der Waals surface area (Å²) >= 11 is 0. The fourth-order valence-corrected chi connectivity index (χ4v) is 3.42. The zero-order valence-corrected chi connectivity index (χ0v) is 17.9. The fourth-order valence-electron chi connectivity index (χ4n) is 3.42. The van der Waals surface area contributed by atoms with Gasteiger partial charge in [0, 0.05) is 24.1 Å². The Kier molecular flexibility index (Phi) is 7.84. The number of methoxy groups -OCH3 is 2. The topological polar surface area (TPSA) is 76.0 Å². The molecule has 0 aliphatic carbocycles. The van der Waals surface area contributed by atoms with Crippen LogP contribution in [0.15, 0.2) is 24.3 Å². The average molecular weight is 403 g/mol. The zero-order valence-electron chi connectivity index (χ0n) is 17.9. The molecule has 0 aliphatic heterocycles. The Hall–Kier alpha value is -2.80. The molecule has 0 spiro atoms. The van der Waals surface area contributed by atoms with Crippen LogP contribution in [0.3, 0.4) is 0 Å². The highest BCUT2D eigenvalue weighted by Gasteiger charge is 2.20. The van der Waals surface area contributed by atoms with E-state index >= 15 is 0 Å². The minimum atomic E-state index is -0.594. The van der Waals surface area contributed by atoms with Gasteiger partial charge in [0.05, 0.1) is 31.9 Å². The first-order valence-corrected chi connectivity index (χ1v) is 9.52. The van der Waals surface area contributed by atoms with Crippen molar-refractivity contribution >= 4 is 11.8 Å². The highest BCUT2D eigenvalue weighted by atomic mass is 16.5. The monoisotopic (exact) mass is 403 g/mol. The molecule has 2 rings (SSSR count). The van der Waals surface area contributed by atoms with Crippen LogP contribution < -0.4 is 9.47 Å². The second-order valence-corrected chi connectivity index (χ2v) is 6.76. The predicted molar refractivity (Wildman–Crippen MR) is 109 cm³/mol. The van der Waals surface area contributed by atoms with Gasteiger partial charge in [0.2, 0.25) is 5.78 Å². The number of esters is 1. The molecule has 0 saturated heterocycles. The van der Waals surface area contributed by atoms with Crippen molar-refractivity contribution in [3.63, 3.8) is 0 Å². The Morgan fingerprint density at radius 2 is 1.83 bits per heavy atom. The zero-order chi connectivity index (χ0) is 21.6. The number of aryl methyl sites for hydroxylation is 1. The van der Waals surface area contributed by atoms with Crippen LogP contribution in [0.1, 0.15) is 52.0 Å². The van der Waals surface area contributed by atoms with Crippen molar-refractivity contribution in [2.75, 3.05) is 34.0 Å². The Labute approximate surface area is 171 Å². The van der Waals surface area contributed by atoms with Crippen LogP contribution in [-0.2, 0) is 9.47 Å². The third-order valence-electron chi connectivity index (χ3n) is 4.67. The van der Waals surface area contributed by atoms with E-state index in [0.717, 1.165) is 11.4 Å². The smallest absolute Gasteiger partial charge is 0.338 e. The van der Waals surface area contributed by atoms with E-state index in [1.807, 2.05) is 33.8 Å². The molecule has 158 valence electrons. The lowest BCUT2D eigenvalue weighted by Gasteiger charge is -2.17. The highest BCUT2D eigenvalue weighted by molar-refractivity contribution is 6.00. The van der Waals surface area contributed by atoms with Gasteiger partial charge in [-0.05, 0) is 52.0 Å². The van der Waals surface area contributed by atoms with Crippen molar-refractivity contribution in [3.05, 3.63) is 46.8 Å². The molecule has 0 amide bonds. The van der Waals surface area contributed by atoms with Crippen molar-refractivity contribution < 1.29 is 28.5 Å². The molecular formula is C22H29NO6. The van der Waals surface area contributed by atoms with Gasteiger partial charge in [0.25, 0.3) is 0 Å². The van der Waals surface area contributed by atoms with E-state index < -0.39 is 5.97 Å². The summed E-state index contributed by atoms with van der Waals surface area (Å²) in [7, 11) is 3.17. The number of hydrogen-bond donors (Lipinski definition) is 0. The van der Waals surface area contributed by atoms with Crippen LogP contribution in [0.5, 0.6) is 11.5 Å². The fraction of sp³-hybridized carbons (Fsp3) is 0.455. The van der Waals surface area contributed by atoms with Crippen molar-refractivity contribution in [3.8, 4) is 11.5 Å². The maximum absolute atomic E-state index is 12.7. The number of ketones is 1. The van der Waals surface area contributed by atoms with Gasteiger partial charge < -0.3 is 23.5 Å². The summed E-state index contributed by atoms with van der Waals surface area (Å²) in [6.45, 7) is 8.33. The number of aromatic nitrogens is 1. The van der Waals surface area contributed by atoms with Crippen LogP contribution in [-0.4, -0.2) is 50.4 Å². The van der Waals surface area contributed by atoms with Gasteiger partial charge in [-0.2, -0.15) is 0 Å². The first-order chi connectivity index (χ1) is 13.8. The lowest BCUT2D eigenvalue weighted by Crippen LogP contribution is -2.17. The van der Waals surface area contributed by atoms with Crippen molar-refractivity contribution in [1.29, 1.82) is 0 Å². The summed E-state index contributed by atoms with van der Waals surface area (Å²) in [5.41, 5.74) is 2.62. The average Bonchev–Trinajstić information content (AvgIpc) is 3.00. The minimum absolute atomic E-state index is 0.0976. The minimum Gasteiger partial charge on any atom is -0.493 e. The molecule has 1 heterocycles. The normalized spacial score (nSPS) is 11.8. The Morgan fingerprint density at radius 1 is 1.10 bits per heavy atom. The molecule has 1 aromatic carbocycles. The van der Waals surface area contributed by atoms with Crippen molar-refractivity contribution in [2.24, 2.45) is 0 Å². The number of carbonyl (C=O) groups excluding carboxylic acids is 2. The molecule has 0 unspecified atom stereocenters. The standard InChI is InChI=1S/C22H29NO6/c1-7-28-21-11-17(8-9-20(21)27-6)22(25)29-13-19(24)18-10-14(2)23(16(18)4)15(3)12-26-5/h8-11,15H,7,12-13H2,1-6H3/t15-/m0/s1. The molecule has 2 aromatic rings. The second-order valence-electron chi connectivity index (χ2n) is 6.76. The molecule has 0 radical (unpaired) electrons. The number of ether oxygens (including phenoxy) is 4. The number of nitrogens with zero attached hydrogens (tertiary/aromatic N) is 1. The van der Waals surface area contributed by atoms with E-state index in [2.05, 4.69) is 4.57 Å². The number of benzene rings is 1. The molecular weight excluding hydrogens is 374 g/mol. The SMILES string of the molecule is CCOc1cc(C(=O)OCC(=O)c2cc(C)n([C@@H](C)COC)c2C)ccc1OC. The van der Waals surface area contributed by atoms with Gasteiger partial charge >= 0.3 is 5.97 Å². The molecule has 1 atom stereocenters. The van der Waals surface area contributed by atoms with Crippen LogP contribution >= 0.6 is 0 Å². The highest BCUT2D eigenvalue weighted by Crippen LogP contribution is 2.28. The number of hydrogen-bond acceptors (Lipinski definition) is 6. The Bertz CT molecular complexity index is 870. The van der Waals surface area contributed by atoms with Gasteiger partial charge in [-0.25, -0.2) is 4.79 Å². The summed E-state index contributed by atoms with van der Waals surface area (Å²) in [4.78, 5) is 25.0. The third-order valence-corrected chi connectivity index (χ3v) is 4.67. The summed E-state index contributed by atoms with van der Waals surface area (Å²) in [5, 5.41) is 0. The molecule has 0 fully saturated rings. The van der Waals surface area contributed by atoms with E-state index in [4.69, 9.17) is 18.9 Å². The van der Waals surface area contributed by atoms with Gasteiger partial charge in [0.1, 0.15) is 0 Å². The summed E-state index contributed by atoms with van der Waals surface area (Å²) in [6.07, 6.45) is 0. The van der Waals surface area contributed by atoms with Gasteiger partial charge in [0.15, 0.2) is 18.1 Å². The van der Waals surface area contributed by atoms with E-state index in [0.29, 0.717) is 35.8 Å².